The summed E-state index contributed by atoms with van der Waals surface area (Å²) in [5.41, 5.74) is 6.30. The summed E-state index contributed by atoms with van der Waals surface area (Å²) >= 11 is 0. The number of carbonyl (C=O) groups is 1. The van der Waals surface area contributed by atoms with Gasteiger partial charge in [-0.15, -0.1) is 0 Å². The van der Waals surface area contributed by atoms with Gasteiger partial charge in [-0.25, -0.2) is 14.4 Å². The van der Waals surface area contributed by atoms with E-state index in [1.807, 2.05) is 20.8 Å². The highest BCUT2D eigenvalue weighted by atomic mass is 19.1. The molecule has 0 aliphatic rings. The minimum atomic E-state index is -0.376. The van der Waals surface area contributed by atoms with E-state index in [9.17, 15) is 9.18 Å². The van der Waals surface area contributed by atoms with Crippen molar-refractivity contribution in [3.05, 3.63) is 41.8 Å². The van der Waals surface area contributed by atoms with Crippen LogP contribution in [0.1, 0.15) is 31.1 Å². The first kappa shape index (κ1) is 14.9. The summed E-state index contributed by atoms with van der Waals surface area (Å²) in [5.74, 6) is -0.232. The second kappa shape index (κ2) is 5.47. The van der Waals surface area contributed by atoms with E-state index in [0.29, 0.717) is 11.4 Å². The first-order valence-corrected chi connectivity index (χ1v) is 6.47. The van der Waals surface area contributed by atoms with Crippen LogP contribution >= 0.6 is 0 Å². The lowest BCUT2D eigenvalue weighted by molar-refractivity contribution is 0.0920. The molecule has 1 aromatic carbocycles. The molecule has 110 valence electrons. The molecule has 0 bridgehead atoms. The van der Waals surface area contributed by atoms with Gasteiger partial charge < -0.3 is 11.1 Å². The molecular formula is C15H17FN4O. The van der Waals surface area contributed by atoms with Crippen molar-refractivity contribution >= 4 is 11.7 Å². The standard InChI is InChI=1S/C15H17FN4O/c1-15(2,3)20-14(21)11-8-18-13(19-12(11)17)9-4-6-10(16)7-5-9/h4-8H,1-3H3,(H,20,21)(H2,17,18,19). The Balaban J connectivity index is 2.29. The van der Waals surface area contributed by atoms with Gasteiger partial charge in [0.05, 0.1) is 5.56 Å². The molecule has 3 N–H and O–H groups in total. The van der Waals surface area contributed by atoms with Crippen LogP contribution in [0.3, 0.4) is 0 Å². The number of rotatable bonds is 2. The van der Waals surface area contributed by atoms with Crippen LogP contribution in [0.2, 0.25) is 0 Å². The molecule has 21 heavy (non-hydrogen) atoms. The number of nitrogens with one attached hydrogen (secondary N) is 1. The van der Waals surface area contributed by atoms with E-state index in [1.165, 1.54) is 18.3 Å². The fourth-order valence-electron chi connectivity index (χ4n) is 1.72. The molecule has 0 atom stereocenters. The molecule has 2 aromatic rings. The number of nitrogens with zero attached hydrogens (tertiary/aromatic N) is 2. The van der Waals surface area contributed by atoms with Gasteiger partial charge in [0.2, 0.25) is 0 Å². The van der Waals surface area contributed by atoms with Crippen LogP contribution in [-0.4, -0.2) is 21.4 Å². The largest absolute Gasteiger partial charge is 0.383 e. The number of halogens is 1. The Bertz CT molecular complexity index is 662. The van der Waals surface area contributed by atoms with Crippen molar-refractivity contribution < 1.29 is 9.18 Å². The van der Waals surface area contributed by atoms with Crippen LogP contribution in [0.15, 0.2) is 30.5 Å². The summed E-state index contributed by atoms with van der Waals surface area (Å²) in [6.45, 7) is 5.61. The molecule has 0 fully saturated rings. The maximum Gasteiger partial charge on any atom is 0.257 e. The minimum absolute atomic E-state index is 0.0890. The molecule has 0 saturated heterocycles. The van der Waals surface area contributed by atoms with E-state index in [0.717, 1.165) is 0 Å². The summed E-state index contributed by atoms with van der Waals surface area (Å²) in [6, 6.07) is 5.74. The first-order chi connectivity index (χ1) is 9.76. The van der Waals surface area contributed by atoms with Crippen LogP contribution in [0.4, 0.5) is 10.2 Å². The number of benzene rings is 1. The average Bonchev–Trinajstić information content (AvgIpc) is 2.37. The number of nitrogens with two attached hydrogens (primary N) is 1. The summed E-state index contributed by atoms with van der Waals surface area (Å²) in [4.78, 5) is 20.3. The lowest BCUT2D eigenvalue weighted by atomic mass is 10.1. The Kier molecular flexibility index (Phi) is 3.88. The Morgan fingerprint density at radius 3 is 2.38 bits per heavy atom. The smallest absolute Gasteiger partial charge is 0.257 e. The van der Waals surface area contributed by atoms with Crippen molar-refractivity contribution in [1.29, 1.82) is 0 Å². The lowest BCUT2D eigenvalue weighted by Crippen LogP contribution is -2.41. The molecule has 0 radical (unpaired) electrons. The van der Waals surface area contributed by atoms with Gasteiger partial charge in [-0.3, -0.25) is 4.79 Å². The zero-order valence-electron chi connectivity index (χ0n) is 12.1. The number of carbonyl (C=O) groups excluding carboxylic acids is 1. The Morgan fingerprint density at radius 1 is 1.24 bits per heavy atom. The number of anilines is 1. The second-order valence-electron chi connectivity index (χ2n) is 5.70. The number of hydrogen-bond donors (Lipinski definition) is 2. The van der Waals surface area contributed by atoms with Crippen LogP contribution in [0.5, 0.6) is 0 Å². The molecule has 1 aromatic heterocycles. The Hall–Kier alpha value is -2.50. The maximum atomic E-state index is 12.9. The van der Waals surface area contributed by atoms with Crippen molar-refractivity contribution in [1.82, 2.24) is 15.3 Å². The van der Waals surface area contributed by atoms with E-state index < -0.39 is 0 Å². The van der Waals surface area contributed by atoms with Crippen LogP contribution < -0.4 is 11.1 Å². The highest BCUT2D eigenvalue weighted by molar-refractivity contribution is 5.98. The predicted molar refractivity (Wildman–Crippen MR) is 79.1 cm³/mol. The van der Waals surface area contributed by atoms with Gasteiger partial charge in [-0.05, 0) is 45.0 Å². The van der Waals surface area contributed by atoms with Crippen molar-refractivity contribution in [3.63, 3.8) is 0 Å². The number of amides is 1. The van der Waals surface area contributed by atoms with E-state index in [2.05, 4.69) is 15.3 Å². The van der Waals surface area contributed by atoms with Crippen molar-refractivity contribution in [3.8, 4) is 11.4 Å². The molecule has 1 heterocycles. The van der Waals surface area contributed by atoms with Crippen LogP contribution in [0.25, 0.3) is 11.4 Å². The molecule has 6 heteroatoms. The molecule has 0 spiro atoms. The normalized spacial score (nSPS) is 11.2. The SMILES string of the molecule is CC(C)(C)NC(=O)c1cnc(-c2ccc(F)cc2)nc1N. The fraction of sp³-hybridized carbons (Fsp3) is 0.267. The van der Waals surface area contributed by atoms with Crippen molar-refractivity contribution in [2.75, 3.05) is 5.73 Å². The van der Waals surface area contributed by atoms with E-state index >= 15 is 0 Å². The van der Waals surface area contributed by atoms with Crippen molar-refractivity contribution in [2.24, 2.45) is 0 Å². The molecule has 0 aliphatic heterocycles. The summed E-state index contributed by atoms with van der Waals surface area (Å²) < 4.78 is 12.9. The van der Waals surface area contributed by atoms with Gasteiger partial charge in [-0.2, -0.15) is 0 Å². The Morgan fingerprint density at radius 2 is 1.86 bits per heavy atom. The number of aromatic nitrogens is 2. The van der Waals surface area contributed by atoms with Gasteiger partial charge in [0.25, 0.3) is 5.91 Å². The third-order valence-corrected chi connectivity index (χ3v) is 2.65. The van der Waals surface area contributed by atoms with Crippen LogP contribution in [0, 0.1) is 5.82 Å². The molecule has 0 saturated carbocycles. The molecule has 1 amide bonds. The zero-order chi connectivity index (χ0) is 15.6. The maximum absolute atomic E-state index is 12.9. The second-order valence-corrected chi connectivity index (χ2v) is 5.70. The molecular weight excluding hydrogens is 271 g/mol. The molecule has 0 unspecified atom stereocenters. The zero-order valence-corrected chi connectivity index (χ0v) is 12.1. The quantitative estimate of drug-likeness (QED) is 0.889. The van der Waals surface area contributed by atoms with Gasteiger partial charge in [-0.1, -0.05) is 0 Å². The lowest BCUT2D eigenvalue weighted by Gasteiger charge is -2.20. The third kappa shape index (κ3) is 3.75. The summed E-state index contributed by atoms with van der Waals surface area (Å²) in [7, 11) is 0. The van der Waals surface area contributed by atoms with E-state index in [1.54, 1.807) is 12.1 Å². The highest BCUT2D eigenvalue weighted by Crippen LogP contribution is 2.18. The topological polar surface area (TPSA) is 80.9 Å². The summed E-state index contributed by atoms with van der Waals surface area (Å²) in [5, 5.41) is 2.79. The third-order valence-electron chi connectivity index (χ3n) is 2.65. The van der Waals surface area contributed by atoms with Gasteiger partial charge in [0.15, 0.2) is 5.82 Å². The van der Waals surface area contributed by atoms with Gasteiger partial charge >= 0.3 is 0 Å². The van der Waals surface area contributed by atoms with Crippen LogP contribution in [-0.2, 0) is 0 Å². The first-order valence-electron chi connectivity index (χ1n) is 6.47. The Labute approximate surface area is 122 Å². The number of hydrogen-bond acceptors (Lipinski definition) is 4. The fourth-order valence-corrected chi connectivity index (χ4v) is 1.72. The highest BCUT2D eigenvalue weighted by Gasteiger charge is 2.18. The van der Waals surface area contributed by atoms with Crippen molar-refractivity contribution in [2.45, 2.75) is 26.3 Å². The predicted octanol–water partition coefficient (Wildman–Crippen LogP) is 2.39. The van der Waals surface area contributed by atoms with Gasteiger partial charge in [0.1, 0.15) is 11.6 Å². The monoisotopic (exact) mass is 288 g/mol. The molecule has 2 rings (SSSR count). The number of nitrogen functional groups attached to an aromatic ring is 1. The van der Waals surface area contributed by atoms with E-state index in [-0.39, 0.29) is 28.6 Å². The molecule has 5 nitrogen and oxygen atoms in total. The average molecular weight is 288 g/mol. The van der Waals surface area contributed by atoms with E-state index in [4.69, 9.17) is 5.73 Å². The minimum Gasteiger partial charge on any atom is -0.383 e. The molecule has 0 aliphatic carbocycles. The van der Waals surface area contributed by atoms with Gasteiger partial charge in [0, 0.05) is 17.3 Å². The summed E-state index contributed by atoms with van der Waals surface area (Å²) in [6.07, 6.45) is 1.38.